The topological polar surface area (TPSA) is 37.3 Å². The third-order valence-electron chi connectivity index (χ3n) is 4.02. The van der Waals surface area contributed by atoms with Crippen LogP contribution in [0, 0.1) is 11.3 Å². The molecule has 0 radical (unpaired) electrons. The average molecular weight is 182 g/mol. The molecule has 0 heterocycles. The second kappa shape index (κ2) is 3.41. The number of carbonyl (C=O) groups is 1. The van der Waals surface area contributed by atoms with E-state index in [0.29, 0.717) is 12.2 Å². The number of aliphatic hydroxyl groups is 1. The summed E-state index contributed by atoms with van der Waals surface area (Å²) in [5.41, 5.74) is -0.0903. The van der Waals surface area contributed by atoms with Crippen molar-refractivity contribution in [3.63, 3.8) is 0 Å². The number of aliphatic hydroxyl groups excluding tert-OH is 1. The number of hydrogen-bond acceptors (Lipinski definition) is 2. The molecule has 2 nitrogen and oxygen atoms in total. The molecule has 1 unspecified atom stereocenters. The molecule has 1 atom stereocenters. The molecule has 13 heavy (non-hydrogen) atoms. The van der Waals surface area contributed by atoms with Crippen LogP contribution in [0.15, 0.2) is 0 Å². The minimum absolute atomic E-state index is 0.0903. The number of carbonyl (C=O) groups excluding carboxylic acids is 1. The number of ketones is 1. The lowest BCUT2D eigenvalue weighted by Gasteiger charge is -2.36. The number of hydrogen-bond donors (Lipinski definition) is 1. The Balaban J connectivity index is 2.19. The van der Waals surface area contributed by atoms with Crippen molar-refractivity contribution in [2.24, 2.45) is 11.3 Å². The van der Waals surface area contributed by atoms with Gasteiger partial charge in [0.2, 0.25) is 0 Å². The van der Waals surface area contributed by atoms with E-state index in [0.717, 1.165) is 19.3 Å². The van der Waals surface area contributed by atoms with Crippen LogP contribution in [-0.4, -0.2) is 17.5 Å². The second-order valence-electron chi connectivity index (χ2n) is 4.56. The number of Topliss-reactive ketones (excluding diaryl/α,β-unsaturated/α-hetero) is 1. The van der Waals surface area contributed by atoms with E-state index < -0.39 is 0 Å². The van der Waals surface area contributed by atoms with Gasteiger partial charge in [0.25, 0.3) is 0 Å². The molecule has 2 fully saturated rings. The van der Waals surface area contributed by atoms with Crippen molar-refractivity contribution < 1.29 is 9.90 Å². The first-order chi connectivity index (χ1) is 6.29. The quantitative estimate of drug-likeness (QED) is 0.672. The van der Waals surface area contributed by atoms with E-state index in [-0.39, 0.29) is 17.9 Å². The van der Waals surface area contributed by atoms with Crippen LogP contribution in [0.2, 0.25) is 0 Å². The second-order valence-corrected chi connectivity index (χ2v) is 4.56. The monoisotopic (exact) mass is 182 g/mol. The van der Waals surface area contributed by atoms with Crippen molar-refractivity contribution in [3.8, 4) is 0 Å². The van der Waals surface area contributed by atoms with Crippen LogP contribution in [0.25, 0.3) is 0 Å². The lowest BCUT2D eigenvalue weighted by molar-refractivity contribution is -0.129. The maximum absolute atomic E-state index is 11.8. The van der Waals surface area contributed by atoms with Gasteiger partial charge in [-0.1, -0.05) is 19.3 Å². The Morgan fingerprint density at radius 3 is 2.62 bits per heavy atom. The Morgan fingerprint density at radius 1 is 1.31 bits per heavy atom. The van der Waals surface area contributed by atoms with E-state index in [9.17, 15) is 9.90 Å². The van der Waals surface area contributed by atoms with Crippen LogP contribution in [0.5, 0.6) is 0 Å². The number of rotatable bonds is 1. The van der Waals surface area contributed by atoms with E-state index in [2.05, 4.69) is 0 Å². The van der Waals surface area contributed by atoms with E-state index in [1.54, 1.807) is 0 Å². The van der Waals surface area contributed by atoms with E-state index in [4.69, 9.17) is 0 Å². The molecule has 0 saturated heterocycles. The largest absolute Gasteiger partial charge is 0.396 e. The SMILES string of the molecule is O=C1CCC(CO)C12CCCCC2. The highest BCUT2D eigenvalue weighted by Gasteiger charge is 2.49. The summed E-state index contributed by atoms with van der Waals surface area (Å²) in [4.78, 5) is 11.8. The summed E-state index contributed by atoms with van der Waals surface area (Å²) < 4.78 is 0. The summed E-state index contributed by atoms with van der Waals surface area (Å²) in [7, 11) is 0. The molecule has 2 heteroatoms. The zero-order valence-corrected chi connectivity index (χ0v) is 8.09. The molecule has 74 valence electrons. The van der Waals surface area contributed by atoms with Crippen LogP contribution in [0.4, 0.5) is 0 Å². The first-order valence-corrected chi connectivity index (χ1v) is 5.44. The third kappa shape index (κ3) is 1.32. The fourth-order valence-corrected chi connectivity index (χ4v) is 3.19. The van der Waals surface area contributed by atoms with Gasteiger partial charge in [0.1, 0.15) is 5.78 Å². The zero-order valence-electron chi connectivity index (χ0n) is 8.09. The molecule has 1 spiro atoms. The average Bonchev–Trinajstić information content (AvgIpc) is 2.46. The van der Waals surface area contributed by atoms with Gasteiger partial charge in [-0.15, -0.1) is 0 Å². The molecule has 2 rings (SSSR count). The summed E-state index contributed by atoms with van der Waals surface area (Å²) in [6.45, 7) is 0.214. The summed E-state index contributed by atoms with van der Waals surface area (Å²) >= 11 is 0. The van der Waals surface area contributed by atoms with Crippen LogP contribution >= 0.6 is 0 Å². The maximum Gasteiger partial charge on any atom is 0.139 e. The third-order valence-corrected chi connectivity index (χ3v) is 4.02. The summed E-state index contributed by atoms with van der Waals surface area (Å²) in [5, 5.41) is 9.25. The van der Waals surface area contributed by atoms with Crippen LogP contribution in [0.1, 0.15) is 44.9 Å². The maximum atomic E-state index is 11.8. The van der Waals surface area contributed by atoms with E-state index in [1.807, 2.05) is 0 Å². The van der Waals surface area contributed by atoms with Crippen molar-refractivity contribution in [1.29, 1.82) is 0 Å². The summed E-state index contributed by atoms with van der Waals surface area (Å²) in [6, 6.07) is 0. The van der Waals surface area contributed by atoms with E-state index in [1.165, 1.54) is 19.3 Å². The van der Waals surface area contributed by atoms with Gasteiger partial charge in [-0.3, -0.25) is 4.79 Å². The predicted octanol–water partition coefficient (Wildman–Crippen LogP) is 1.91. The van der Waals surface area contributed by atoms with Gasteiger partial charge in [0.05, 0.1) is 0 Å². The molecule has 0 bridgehead atoms. The van der Waals surface area contributed by atoms with Crippen molar-refractivity contribution in [3.05, 3.63) is 0 Å². The Bertz CT molecular complexity index is 204. The molecule has 0 aromatic heterocycles. The molecule has 2 aliphatic rings. The highest BCUT2D eigenvalue weighted by atomic mass is 16.3. The molecule has 2 aliphatic carbocycles. The van der Waals surface area contributed by atoms with Crippen LogP contribution < -0.4 is 0 Å². The van der Waals surface area contributed by atoms with Gasteiger partial charge in [-0.2, -0.15) is 0 Å². The fourth-order valence-electron chi connectivity index (χ4n) is 3.19. The summed E-state index contributed by atoms with van der Waals surface area (Å²) in [6.07, 6.45) is 7.35. The fraction of sp³-hybridized carbons (Fsp3) is 0.909. The highest BCUT2D eigenvalue weighted by Crippen LogP contribution is 2.50. The van der Waals surface area contributed by atoms with Gasteiger partial charge in [0, 0.05) is 18.4 Å². The molecule has 0 aromatic rings. The van der Waals surface area contributed by atoms with Crippen molar-refractivity contribution in [1.82, 2.24) is 0 Å². The first-order valence-electron chi connectivity index (χ1n) is 5.44. The molecule has 1 N–H and O–H groups in total. The van der Waals surface area contributed by atoms with Crippen molar-refractivity contribution in [2.75, 3.05) is 6.61 Å². The molecular weight excluding hydrogens is 164 g/mol. The Hall–Kier alpha value is -0.370. The Labute approximate surface area is 79.3 Å². The molecule has 0 aliphatic heterocycles. The minimum Gasteiger partial charge on any atom is -0.396 e. The Morgan fingerprint density at radius 2 is 2.00 bits per heavy atom. The van der Waals surface area contributed by atoms with Gasteiger partial charge in [-0.25, -0.2) is 0 Å². The van der Waals surface area contributed by atoms with Gasteiger partial charge < -0.3 is 5.11 Å². The van der Waals surface area contributed by atoms with Gasteiger partial charge >= 0.3 is 0 Å². The molecule has 2 saturated carbocycles. The molecular formula is C11H18O2. The lowest BCUT2D eigenvalue weighted by atomic mass is 9.67. The molecule has 0 aromatic carbocycles. The highest BCUT2D eigenvalue weighted by molar-refractivity contribution is 5.87. The summed E-state index contributed by atoms with van der Waals surface area (Å²) in [5.74, 6) is 0.714. The van der Waals surface area contributed by atoms with Crippen LogP contribution in [-0.2, 0) is 4.79 Å². The van der Waals surface area contributed by atoms with Crippen LogP contribution in [0.3, 0.4) is 0 Å². The lowest BCUT2D eigenvalue weighted by Crippen LogP contribution is -2.36. The standard InChI is InChI=1S/C11H18O2/c12-8-9-4-5-10(13)11(9)6-2-1-3-7-11/h9,12H,1-8H2. The van der Waals surface area contributed by atoms with Gasteiger partial charge in [-0.05, 0) is 25.2 Å². The zero-order chi connectivity index (χ0) is 9.31. The first kappa shape index (κ1) is 9.20. The normalized spacial score (nSPS) is 32.7. The Kier molecular flexibility index (Phi) is 2.41. The van der Waals surface area contributed by atoms with Gasteiger partial charge in [0.15, 0.2) is 0 Å². The molecule has 0 amide bonds. The smallest absolute Gasteiger partial charge is 0.139 e. The predicted molar refractivity (Wildman–Crippen MR) is 50.3 cm³/mol. The van der Waals surface area contributed by atoms with E-state index >= 15 is 0 Å². The van der Waals surface area contributed by atoms with Crippen molar-refractivity contribution >= 4 is 5.78 Å². The van der Waals surface area contributed by atoms with Crippen molar-refractivity contribution in [2.45, 2.75) is 44.9 Å². The minimum atomic E-state index is -0.0903.